The lowest BCUT2D eigenvalue weighted by Crippen LogP contribution is -2.03. The normalized spacial score (nSPS) is 10.2. The first-order chi connectivity index (χ1) is 5.77. The highest BCUT2D eigenvalue weighted by molar-refractivity contribution is 5.25. The summed E-state index contributed by atoms with van der Waals surface area (Å²) in [6, 6.07) is 5.20. The molecular weight excluding hydrogens is 153 g/mol. The Labute approximate surface area is 72.4 Å². The van der Waals surface area contributed by atoms with Crippen molar-refractivity contribution in [1.82, 2.24) is 0 Å². The predicted molar refractivity (Wildman–Crippen MR) is 48.5 cm³/mol. The van der Waals surface area contributed by atoms with Crippen LogP contribution in [-0.2, 0) is 12.8 Å². The summed E-state index contributed by atoms with van der Waals surface area (Å²) in [4.78, 5) is 0. The molecule has 0 radical (unpaired) electrons. The maximum Gasteiger partial charge on any atom is 0.126 e. The van der Waals surface area contributed by atoms with Gasteiger partial charge in [0.15, 0.2) is 0 Å². The van der Waals surface area contributed by atoms with Crippen LogP contribution in [0.3, 0.4) is 0 Å². The fraction of sp³-hybridized carbons (Fsp3) is 0.400. The molecule has 0 bridgehead atoms. The number of halogens is 1. The van der Waals surface area contributed by atoms with Gasteiger partial charge in [-0.25, -0.2) is 4.39 Å². The monoisotopic (exact) mass is 167 g/mol. The van der Waals surface area contributed by atoms with Crippen molar-refractivity contribution in [2.45, 2.75) is 19.8 Å². The van der Waals surface area contributed by atoms with E-state index in [2.05, 4.69) is 0 Å². The average molecular weight is 167 g/mol. The van der Waals surface area contributed by atoms with Crippen LogP contribution < -0.4 is 5.73 Å². The van der Waals surface area contributed by atoms with Crippen LogP contribution in [0.5, 0.6) is 0 Å². The zero-order valence-corrected chi connectivity index (χ0v) is 7.31. The van der Waals surface area contributed by atoms with E-state index in [4.69, 9.17) is 5.73 Å². The zero-order valence-electron chi connectivity index (χ0n) is 7.31. The number of aryl methyl sites for hydroxylation is 1. The molecule has 2 N–H and O–H groups in total. The van der Waals surface area contributed by atoms with Crippen LogP contribution in [0.15, 0.2) is 18.2 Å². The van der Waals surface area contributed by atoms with Crippen LogP contribution in [0.1, 0.15) is 18.1 Å². The molecule has 1 aromatic carbocycles. The molecule has 12 heavy (non-hydrogen) atoms. The zero-order chi connectivity index (χ0) is 8.97. The van der Waals surface area contributed by atoms with E-state index in [0.29, 0.717) is 6.54 Å². The van der Waals surface area contributed by atoms with Gasteiger partial charge in [0.2, 0.25) is 0 Å². The molecular formula is C10H14FN. The highest BCUT2D eigenvalue weighted by atomic mass is 19.1. The molecule has 1 aromatic rings. The molecule has 0 amide bonds. The topological polar surface area (TPSA) is 26.0 Å². The van der Waals surface area contributed by atoms with Gasteiger partial charge < -0.3 is 5.73 Å². The van der Waals surface area contributed by atoms with E-state index in [1.165, 1.54) is 6.07 Å². The number of nitrogens with two attached hydrogens (primary N) is 1. The lowest BCUT2D eigenvalue weighted by molar-refractivity contribution is 0.611. The van der Waals surface area contributed by atoms with E-state index >= 15 is 0 Å². The molecule has 0 aliphatic carbocycles. The summed E-state index contributed by atoms with van der Waals surface area (Å²) in [5.41, 5.74) is 7.30. The summed E-state index contributed by atoms with van der Waals surface area (Å²) in [5, 5.41) is 0. The molecule has 0 saturated carbocycles. The minimum atomic E-state index is -0.113. The Hall–Kier alpha value is -0.890. The van der Waals surface area contributed by atoms with E-state index in [1.54, 1.807) is 6.07 Å². The minimum Gasteiger partial charge on any atom is -0.330 e. The number of rotatable bonds is 3. The van der Waals surface area contributed by atoms with Gasteiger partial charge in [0, 0.05) is 0 Å². The Bertz CT molecular complexity index is 258. The molecule has 0 aliphatic heterocycles. The summed E-state index contributed by atoms with van der Waals surface area (Å²) < 4.78 is 13.0. The molecule has 1 nitrogen and oxygen atoms in total. The standard InChI is InChI=1S/C10H14FN/c1-2-9-7-8(5-6-12)3-4-10(9)11/h3-4,7H,2,5-6,12H2,1H3. The average Bonchev–Trinajstić information content (AvgIpc) is 2.09. The first-order valence-electron chi connectivity index (χ1n) is 4.25. The maximum absolute atomic E-state index is 13.0. The second kappa shape index (κ2) is 4.21. The Morgan fingerprint density at radius 2 is 2.17 bits per heavy atom. The highest BCUT2D eigenvalue weighted by Gasteiger charge is 2.00. The van der Waals surface area contributed by atoms with Crippen LogP contribution in [0.4, 0.5) is 4.39 Å². The third kappa shape index (κ3) is 2.05. The maximum atomic E-state index is 13.0. The summed E-state index contributed by atoms with van der Waals surface area (Å²) in [6.45, 7) is 2.57. The molecule has 0 unspecified atom stereocenters. The van der Waals surface area contributed by atoms with Crippen LogP contribution in [0, 0.1) is 5.82 Å². The predicted octanol–water partition coefficient (Wildman–Crippen LogP) is 1.89. The van der Waals surface area contributed by atoms with Crippen LogP contribution in [0.2, 0.25) is 0 Å². The van der Waals surface area contributed by atoms with E-state index in [1.807, 2.05) is 13.0 Å². The van der Waals surface area contributed by atoms with Crippen LogP contribution in [-0.4, -0.2) is 6.54 Å². The highest BCUT2D eigenvalue weighted by Crippen LogP contribution is 2.11. The van der Waals surface area contributed by atoms with Gasteiger partial charge in [-0.3, -0.25) is 0 Å². The second-order valence-electron chi connectivity index (χ2n) is 2.82. The summed E-state index contributed by atoms with van der Waals surface area (Å²) in [6.07, 6.45) is 1.57. The molecule has 0 heterocycles. The molecule has 0 aromatic heterocycles. The third-order valence-corrected chi connectivity index (χ3v) is 1.92. The summed E-state index contributed by atoms with van der Waals surface area (Å²) in [5.74, 6) is -0.113. The van der Waals surface area contributed by atoms with Crippen LogP contribution >= 0.6 is 0 Å². The number of hydrogen-bond donors (Lipinski definition) is 1. The second-order valence-corrected chi connectivity index (χ2v) is 2.82. The smallest absolute Gasteiger partial charge is 0.126 e. The fourth-order valence-electron chi connectivity index (χ4n) is 1.22. The van der Waals surface area contributed by atoms with Crippen LogP contribution in [0.25, 0.3) is 0 Å². The van der Waals surface area contributed by atoms with Crippen molar-refractivity contribution in [3.63, 3.8) is 0 Å². The molecule has 66 valence electrons. The van der Waals surface area contributed by atoms with Crippen molar-refractivity contribution in [3.05, 3.63) is 35.1 Å². The fourth-order valence-corrected chi connectivity index (χ4v) is 1.22. The van der Waals surface area contributed by atoms with E-state index in [0.717, 1.165) is 24.0 Å². The van der Waals surface area contributed by atoms with Crippen molar-refractivity contribution in [1.29, 1.82) is 0 Å². The Balaban J connectivity index is 2.89. The number of hydrogen-bond acceptors (Lipinski definition) is 1. The van der Waals surface area contributed by atoms with Crippen molar-refractivity contribution < 1.29 is 4.39 Å². The quantitative estimate of drug-likeness (QED) is 0.731. The van der Waals surface area contributed by atoms with Crippen molar-refractivity contribution in [2.24, 2.45) is 5.73 Å². The molecule has 1 rings (SSSR count). The molecule has 0 spiro atoms. The Kier molecular flexibility index (Phi) is 3.23. The Morgan fingerprint density at radius 3 is 2.75 bits per heavy atom. The van der Waals surface area contributed by atoms with Gasteiger partial charge in [-0.05, 0) is 36.6 Å². The third-order valence-electron chi connectivity index (χ3n) is 1.92. The van der Waals surface area contributed by atoms with Gasteiger partial charge in [-0.15, -0.1) is 0 Å². The van der Waals surface area contributed by atoms with Gasteiger partial charge in [0.25, 0.3) is 0 Å². The molecule has 2 heteroatoms. The van der Waals surface area contributed by atoms with Gasteiger partial charge in [0.05, 0.1) is 0 Å². The van der Waals surface area contributed by atoms with Gasteiger partial charge in [-0.1, -0.05) is 19.1 Å². The minimum absolute atomic E-state index is 0.113. The first kappa shape index (κ1) is 9.20. The van der Waals surface area contributed by atoms with E-state index in [-0.39, 0.29) is 5.82 Å². The molecule has 0 aliphatic rings. The molecule has 0 saturated heterocycles. The van der Waals surface area contributed by atoms with Crippen molar-refractivity contribution >= 4 is 0 Å². The van der Waals surface area contributed by atoms with E-state index in [9.17, 15) is 4.39 Å². The lowest BCUT2D eigenvalue weighted by atomic mass is 10.1. The first-order valence-corrected chi connectivity index (χ1v) is 4.25. The van der Waals surface area contributed by atoms with Gasteiger partial charge in [0.1, 0.15) is 5.82 Å². The van der Waals surface area contributed by atoms with Gasteiger partial charge in [-0.2, -0.15) is 0 Å². The molecule has 0 fully saturated rings. The largest absolute Gasteiger partial charge is 0.330 e. The molecule has 0 atom stereocenters. The van der Waals surface area contributed by atoms with Crippen molar-refractivity contribution in [3.8, 4) is 0 Å². The van der Waals surface area contributed by atoms with Crippen molar-refractivity contribution in [2.75, 3.05) is 6.54 Å². The lowest BCUT2D eigenvalue weighted by Gasteiger charge is -2.03. The summed E-state index contributed by atoms with van der Waals surface area (Å²) >= 11 is 0. The summed E-state index contributed by atoms with van der Waals surface area (Å²) in [7, 11) is 0. The number of benzene rings is 1. The SMILES string of the molecule is CCc1cc(CCN)ccc1F. The Morgan fingerprint density at radius 1 is 1.42 bits per heavy atom. The van der Waals surface area contributed by atoms with Gasteiger partial charge >= 0.3 is 0 Å². The van der Waals surface area contributed by atoms with E-state index < -0.39 is 0 Å².